The van der Waals surface area contributed by atoms with Crippen LogP contribution in [0.4, 0.5) is 20.2 Å². The number of nitrogens with two attached hydrogens (primary N) is 1. The Hall–Kier alpha value is -3.32. The zero-order valence-electron chi connectivity index (χ0n) is 14.8. The lowest BCUT2D eigenvalue weighted by Crippen LogP contribution is -2.41. The van der Waals surface area contributed by atoms with Crippen molar-refractivity contribution in [2.24, 2.45) is 5.73 Å². The van der Waals surface area contributed by atoms with Crippen molar-refractivity contribution in [1.29, 1.82) is 0 Å². The molecule has 1 aliphatic heterocycles. The maximum atomic E-state index is 13.4. The summed E-state index contributed by atoms with van der Waals surface area (Å²) in [6, 6.07) is 10.6. The molecule has 4 rings (SSSR count). The summed E-state index contributed by atoms with van der Waals surface area (Å²) >= 11 is 0. The summed E-state index contributed by atoms with van der Waals surface area (Å²) in [5, 5.41) is 5.93. The molecule has 0 saturated carbocycles. The highest BCUT2D eigenvalue weighted by Gasteiger charge is 2.29. The van der Waals surface area contributed by atoms with E-state index in [9.17, 15) is 13.6 Å². The van der Waals surface area contributed by atoms with Gasteiger partial charge in [-0.15, -0.1) is 0 Å². The van der Waals surface area contributed by atoms with Crippen LogP contribution in [0.5, 0.6) is 0 Å². The Balaban J connectivity index is 1.64. The van der Waals surface area contributed by atoms with Crippen molar-refractivity contribution in [2.45, 2.75) is 18.5 Å². The number of hydrogen-bond donors (Lipinski definition) is 3. The molecule has 2 heterocycles. The summed E-state index contributed by atoms with van der Waals surface area (Å²) in [7, 11) is 0. The average Bonchev–Trinajstić information content (AvgIpc) is 2.66. The number of nitrogens with one attached hydrogen (secondary N) is 2. The molecular formula is C21H18F2N4O. The fraction of sp³-hybridized carbons (Fsp3) is 0.143. The monoisotopic (exact) mass is 380 g/mol. The fourth-order valence-electron chi connectivity index (χ4n) is 3.33. The first-order valence-electron chi connectivity index (χ1n) is 8.81. The van der Waals surface area contributed by atoms with E-state index in [1.807, 2.05) is 0 Å². The lowest BCUT2D eigenvalue weighted by atomic mass is 9.85. The Labute approximate surface area is 160 Å². The van der Waals surface area contributed by atoms with Crippen LogP contribution in [-0.4, -0.2) is 16.9 Å². The lowest BCUT2D eigenvalue weighted by Gasteiger charge is -2.27. The van der Waals surface area contributed by atoms with E-state index in [0.717, 1.165) is 11.3 Å². The maximum absolute atomic E-state index is 13.4. The SMILES string of the molecule is NC(C(=O)Nc1cncc2c1CN2)C(c1ccc(F)cc1)c1ccc(F)cc1. The molecule has 0 aliphatic carbocycles. The summed E-state index contributed by atoms with van der Waals surface area (Å²) in [4.78, 5) is 17.0. The van der Waals surface area contributed by atoms with Crippen molar-refractivity contribution in [2.75, 3.05) is 10.6 Å². The molecule has 2 aromatic carbocycles. The molecule has 1 atom stereocenters. The van der Waals surface area contributed by atoms with Gasteiger partial charge in [0.15, 0.2) is 0 Å². The largest absolute Gasteiger partial charge is 0.379 e. The Kier molecular flexibility index (Phi) is 4.75. The number of anilines is 2. The minimum Gasteiger partial charge on any atom is -0.379 e. The zero-order chi connectivity index (χ0) is 19.7. The summed E-state index contributed by atoms with van der Waals surface area (Å²) in [5.41, 5.74) is 10.1. The van der Waals surface area contributed by atoms with Crippen LogP contribution >= 0.6 is 0 Å². The number of carbonyl (C=O) groups is 1. The molecule has 1 aromatic heterocycles. The second kappa shape index (κ2) is 7.36. The maximum Gasteiger partial charge on any atom is 0.242 e. The molecule has 0 spiro atoms. The van der Waals surface area contributed by atoms with Crippen molar-refractivity contribution in [1.82, 2.24) is 4.98 Å². The summed E-state index contributed by atoms with van der Waals surface area (Å²) in [6.45, 7) is 0.641. The smallest absolute Gasteiger partial charge is 0.242 e. The minimum absolute atomic E-state index is 0.387. The van der Waals surface area contributed by atoms with Crippen molar-refractivity contribution in [3.05, 3.63) is 89.2 Å². The van der Waals surface area contributed by atoms with E-state index in [1.165, 1.54) is 24.3 Å². The van der Waals surface area contributed by atoms with Gasteiger partial charge in [0.2, 0.25) is 5.91 Å². The van der Waals surface area contributed by atoms with Gasteiger partial charge in [0.05, 0.1) is 29.8 Å². The van der Waals surface area contributed by atoms with Crippen LogP contribution in [0.2, 0.25) is 0 Å². The van der Waals surface area contributed by atoms with Gasteiger partial charge < -0.3 is 16.4 Å². The third-order valence-electron chi connectivity index (χ3n) is 4.89. The first-order valence-corrected chi connectivity index (χ1v) is 8.81. The summed E-state index contributed by atoms with van der Waals surface area (Å²) in [5.74, 6) is -1.74. The molecular weight excluding hydrogens is 362 g/mol. The molecule has 1 unspecified atom stereocenters. The molecule has 1 amide bonds. The molecule has 142 valence electrons. The normalized spacial score (nSPS) is 13.3. The molecule has 0 bridgehead atoms. The number of aromatic nitrogens is 1. The number of pyridine rings is 1. The van der Waals surface area contributed by atoms with E-state index in [0.29, 0.717) is 23.4 Å². The van der Waals surface area contributed by atoms with Crippen LogP contribution < -0.4 is 16.4 Å². The van der Waals surface area contributed by atoms with Crippen molar-refractivity contribution >= 4 is 17.3 Å². The first kappa shape index (κ1) is 18.1. The van der Waals surface area contributed by atoms with Gasteiger partial charge in [-0.25, -0.2) is 8.78 Å². The molecule has 0 radical (unpaired) electrons. The molecule has 3 aromatic rings. The van der Waals surface area contributed by atoms with Gasteiger partial charge in [-0.3, -0.25) is 9.78 Å². The highest BCUT2D eigenvalue weighted by atomic mass is 19.1. The number of halogens is 2. The minimum atomic E-state index is -0.972. The molecule has 0 fully saturated rings. The Morgan fingerprint density at radius 1 is 1.00 bits per heavy atom. The van der Waals surface area contributed by atoms with Crippen LogP contribution in [0, 0.1) is 11.6 Å². The Morgan fingerprint density at radius 2 is 1.57 bits per heavy atom. The number of hydrogen-bond acceptors (Lipinski definition) is 4. The van der Waals surface area contributed by atoms with Crippen LogP contribution in [0.1, 0.15) is 22.6 Å². The van der Waals surface area contributed by atoms with Crippen LogP contribution in [-0.2, 0) is 11.3 Å². The highest BCUT2D eigenvalue weighted by Crippen LogP contribution is 2.32. The van der Waals surface area contributed by atoms with Crippen molar-refractivity contribution in [3.63, 3.8) is 0 Å². The van der Waals surface area contributed by atoms with Crippen LogP contribution in [0.15, 0.2) is 60.9 Å². The van der Waals surface area contributed by atoms with Gasteiger partial charge in [0.25, 0.3) is 0 Å². The Morgan fingerprint density at radius 3 is 2.07 bits per heavy atom. The number of amides is 1. The predicted molar refractivity (Wildman–Crippen MR) is 103 cm³/mol. The van der Waals surface area contributed by atoms with Crippen LogP contribution in [0.25, 0.3) is 0 Å². The van der Waals surface area contributed by atoms with Crippen LogP contribution in [0.3, 0.4) is 0 Å². The van der Waals surface area contributed by atoms with Gasteiger partial charge >= 0.3 is 0 Å². The highest BCUT2D eigenvalue weighted by molar-refractivity contribution is 5.97. The second-order valence-electron chi connectivity index (χ2n) is 6.66. The van der Waals surface area contributed by atoms with E-state index in [1.54, 1.807) is 36.7 Å². The first-order chi connectivity index (χ1) is 13.5. The van der Waals surface area contributed by atoms with E-state index in [4.69, 9.17) is 5.73 Å². The van der Waals surface area contributed by atoms with Crippen molar-refractivity contribution < 1.29 is 13.6 Å². The number of fused-ring (bicyclic) bond motifs is 1. The molecule has 28 heavy (non-hydrogen) atoms. The molecule has 0 saturated heterocycles. The second-order valence-corrected chi connectivity index (χ2v) is 6.66. The van der Waals surface area contributed by atoms with E-state index < -0.39 is 17.9 Å². The topological polar surface area (TPSA) is 80.0 Å². The standard InChI is InChI=1S/C21H18F2N4O/c22-14-5-1-12(2-6-14)19(13-3-7-15(23)8-4-13)20(24)21(28)27-18-11-25-10-17-16(18)9-26-17/h1-8,10-11,19-20,26H,9,24H2,(H,27,28). The van der Waals surface area contributed by atoms with Gasteiger partial charge in [-0.2, -0.15) is 0 Å². The van der Waals surface area contributed by atoms with E-state index in [-0.39, 0.29) is 11.6 Å². The van der Waals surface area contributed by atoms with Gasteiger partial charge in [-0.05, 0) is 35.4 Å². The fourth-order valence-corrected chi connectivity index (χ4v) is 3.33. The molecule has 7 heteroatoms. The van der Waals surface area contributed by atoms with Gasteiger partial charge in [-0.1, -0.05) is 24.3 Å². The zero-order valence-corrected chi connectivity index (χ0v) is 14.8. The summed E-state index contributed by atoms with van der Waals surface area (Å²) in [6.07, 6.45) is 3.27. The van der Waals surface area contributed by atoms with E-state index in [2.05, 4.69) is 15.6 Å². The third kappa shape index (κ3) is 3.44. The summed E-state index contributed by atoms with van der Waals surface area (Å²) < 4.78 is 26.7. The van der Waals surface area contributed by atoms with E-state index >= 15 is 0 Å². The number of benzene rings is 2. The quantitative estimate of drug-likeness (QED) is 0.634. The number of rotatable bonds is 5. The van der Waals surface area contributed by atoms with Crippen molar-refractivity contribution in [3.8, 4) is 0 Å². The predicted octanol–water partition coefficient (Wildman–Crippen LogP) is 3.38. The molecule has 4 N–H and O–H groups in total. The molecule has 1 aliphatic rings. The van der Waals surface area contributed by atoms with Gasteiger partial charge in [0.1, 0.15) is 11.6 Å². The average molecular weight is 380 g/mol. The van der Waals surface area contributed by atoms with Gasteiger partial charge in [0, 0.05) is 18.0 Å². The third-order valence-corrected chi connectivity index (χ3v) is 4.89. The molecule has 5 nitrogen and oxygen atoms in total. The lowest BCUT2D eigenvalue weighted by molar-refractivity contribution is -0.117. The number of carbonyl (C=O) groups excluding carboxylic acids is 1. The number of nitrogens with zero attached hydrogens (tertiary/aromatic N) is 1. The Bertz CT molecular complexity index is 960.